The van der Waals surface area contributed by atoms with Gasteiger partial charge < -0.3 is 20.1 Å². The summed E-state index contributed by atoms with van der Waals surface area (Å²) in [4.78, 5) is 14.2. The Hall–Kier alpha value is -1.59. The van der Waals surface area contributed by atoms with E-state index in [0.29, 0.717) is 37.6 Å². The van der Waals surface area contributed by atoms with Gasteiger partial charge in [-0.05, 0) is 12.1 Å². The van der Waals surface area contributed by atoms with Crippen molar-refractivity contribution < 1.29 is 14.3 Å². The molecule has 0 radical (unpaired) electrons. The maximum Gasteiger partial charge on any atom is 0.258 e. The van der Waals surface area contributed by atoms with Gasteiger partial charge in [0, 0.05) is 13.1 Å². The van der Waals surface area contributed by atoms with Crippen molar-refractivity contribution in [2.45, 2.75) is 6.04 Å². The number of rotatable bonds is 3. The number of para-hydroxylation sites is 1. The maximum absolute atomic E-state index is 12.5. The van der Waals surface area contributed by atoms with Crippen LogP contribution in [0.15, 0.2) is 24.3 Å². The average molecular weight is 250 g/mol. The van der Waals surface area contributed by atoms with E-state index in [9.17, 15) is 4.79 Å². The molecule has 1 aliphatic rings. The number of carbonyl (C=O) groups excluding carboxylic acids is 1. The molecule has 1 saturated heterocycles. The summed E-state index contributed by atoms with van der Waals surface area (Å²) in [6.45, 7) is 2.02. The third-order valence-electron chi connectivity index (χ3n) is 3.10. The van der Waals surface area contributed by atoms with Crippen LogP contribution in [0.3, 0.4) is 0 Å². The number of benzene rings is 1. The molecule has 0 spiro atoms. The van der Waals surface area contributed by atoms with Gasteiger partial charge >= 0.3 is 0 Å². The first kappa shape index (κ1) is 12.9. The Bertz CT molecular complexity index is 422. The normalized spacial score (nSPS) is 19.7. The quantitative estimate of drug-likeness (QED) is 0.848. The smallest absolute Gasteiger partial charge is 0.258 e. The van der Waals surface area contributed by atoms with Crippen molar-refractivity contribution in [3.05, 3.63) is 29.8 Å². The summed E-state index contributed by atoms with van der Waals surface area (Å²) < 4.78 is 10.6. The predicted molar refractivity (Wildman–Crippen MR) is 67.7 cm³/mol. The molecule has 1 unspecified atom stereocenters. The van der Waals surface area contributed by atoms with Crippen LogP contribution in [0.5, 0.6) is 5.75 Å². The van der Waals surface area contributed by atoms with E-state index < -0.39 is 0 Å². The Morgan fingerprint density at radius 1 is 1.56 bits per heavy atom. The summed E-state index contributed by atoms with van der Waals surface area (Å²) in [6, 6.07) is 7.16. The van der Waals surface area contributed by atoms with Gasteiger partial charge in [0.05, 0.1) is 31.9 Å². The monoisotopic (exact) mass is 250 g/mol. The van der Waals surface area contributed by atoms with E-state index in [4.69, 9.17) is 15.2 Å². The topological polar surface area (TPSA) is 64.8 Å². The van der Waals surface area contributed by atoms with Crippen LogP contribution in [0, 0.1) is 0 Å². The second-order valence-electron chi connectivity index (χ2n) is 4.16. The number of methoxy groups -OCH3 is 1. The molecule has 0 aliphatic carbocycles. The number of morpholine rings is 1. The Kier molecular flexibility index (Phi) is 4.17. The number of carbonyl (C=O) groups is 1. The van der Waals surface area contributed by atoms with E-state index in [-0.39, 0.29) is 11.9 Å². The van der Waals surface area contributed by atoms with Crippen LogP contribution >= 0.6 is 0 Å². The van der Waals surface area contributed by atoms with Gasteiger partial charge in [-0.3, -0.25) is 4.79 Å². The van der Waals surface area contributed by atoms with Gasteiger partial charge in [-0.15, -0.1) is 0 Å². The molecule has 1 fully saturated rings. The number of hydrogen-bond donors (Lipinski definition) is 1. The van der Waals surface area contributed by atoms with Crippen LogP contribution in [-0.4, -0.2) is 50.3 Å². The number of amides is 1. The summed E-state index contributed by atoms with van der Waals surface area (Å²) >= 11 is 0. The molecule has 0 aromatic heterocycles. The van der Waals surface area contributed by atoms with Crippen LogP contribution in [-0.2, 0) is 4.74 Å². The molecule has 1 aliphatic heterocycles. The fourth-order valence-electron chi connectivity index (χ4n) is 2.09. The zero-order valence-electron chi connectivity index (χ0n) is 10.5. The van der Waals surface area contributed by atoms with Crippen molar-refractivity contribution in [1.82, 2.24) is 4.90 Å². The highest BCUT2D eigenvalue weighted by Gasteiger charge is 2.28. The Morgan fingerprint density at radius 2 is 2.33 bits per heavy atom. The van der Waals surface area contributed by atoms with Gasteiger partial charge in [0.1, 0.15) is 5.75 Å². The third kappa shape index (κ3) is 2.47. The zero-order chi connectivity index (χ0) is 13.0. The minimum atomic E-state index is -0.0591. The highest BCUT2D eigenvalue weighted by atomic mass is 16.5. The van der Waals surface area contributed by atoms with Crippen molar-refractivity contribution in [2.24, 2.45) is 5.73 Å². The first-order valence-electron chi connectivity index (χ1n) is 5.99. The molecule has 98 valence electrons. The Labute approximate surface area is 106 Å². The van der Waals surface area contributed by atoms with E-state index in [1.807, 2.05) is 12.1 Å². The van der Waals surface area contributed by atoms with Crippen LogP contribution < -0.4 is 10.5 Å². The number of ether oxygens (including phenoxy) is 2. The largest absolute Gasteiger partial charge is 0.496 e. The van der Waals surface area contributed by atoms with Gasteiger partial charge in [-0.2, -0.15) is 0 Å². The van der Waals surface area contributed by atoms with Crippen molar-refractivity contribution in [3.63, 3.8) is 0 Å². The minimum absolute atomic E-state index is 0.0498. The predicted octanol–water partition coefficient (Wildman–Crippen LogP) is 0.495. The van der Waals surface area contributed by atoms with Gasteiger partial charge in [0.2, 0.25) is 0 Å². The second-order valence-corrected chi connectivity index (χ2v) is 4.16. The SMILES string of the molecule is COc1ccccc1C(=O)N1CCOCC1CN. The lowest BCUT2D eigenvalue weighted by atomic mass is 10.1. The molecule has 2 N–H and O–H groups in total. The fraction of sp³-hybridized carbons (Fsp3) is 0.462. The molecule has 2 rings (SSSR count). The highest BCUT2D eigenvalue weighted by Crippen LogP contribution is 2.21. The van der Waals surface area contributed by atoms with Gasteiger partial charge in [0.25, 0.3) is 5.91 Å². The van der Waals surface area contributed by atoms with Gasteiger partial charge in [-0.1, -0.05) is 12.1 Å². The molecule has 18 heavy (non-hydrogen) atoms. The van der Waals surface area contributed by atoms with Crippen molar-refractivity contribution >= 4 is 5.91 Å². The number of hydrogen-bond acceptors (Lipinski definition) is 4. The minimum Gasteiger partial charge on any atom is -0.496 e. The van der Waals surface area contributed by atoms with Crippen LogP contribution in [0.4, 0.5) is 0 Å². The first-order chi connectivity index (χ1) is 8.77. The van der Waals surface area contributed by atoms with Crippen molar-refractivity contribution in [1.29, 1.82) is 0 Å². The lowest BCUT2D eigenvalue weighted by Crippen LogP contribution is -2.52. The average Bonchev–Trinajstić information content (AvgIpc) is 2.46. The lowest BCUT2D eigenvalue weighted by molar-refractivity contribution is 0.000690. The van der Waals surface area contributed by atoms with E-state index in [1.54, 1.807) is 24.1 Å². The van der Waals surface area contributed by atoms with Crippen LogP contribution in [0.25, 0.3) is 0 Å². The number of nitrogens with two attached hydrogens (primary N) is 1. The molecule has 1 aromatic rings. The van der Waals surface area contributed by atoms with E-state index in [2.05, 4.69) is 0 Å². The van der Waals surface area contributed by atoms with Crippen molar-refractivity contribution in [2.75, 3.05) is 33.4 Å². The van der Waals surface area contributed by atoms with Crippen molar-refractivity contribution in [3.8, 4) is 5.75 Å². The summed E-state index contributed by atoms with van der Waals surface area (Å²) in [5.41, 5.74) is 6.24. The van der Waals surface area contributed by atoms with E-state index >= 15 is 0 Å². The molecule has 1 atom stereocenters. The summed E-state index contributed by atoms with van der Waals surface area (Å²) in [6.07, 6.45) is 0. The maximum atomic E-state index is 12.5. The molecular formula is C13H18N2O3. The standard InChI is InChI=1S/C13H18N2O3/c1-17-12-5-3-2-4-11(12)13(16)15-6-7-18-9-10(15)8-14/h2-5,10H,6-9,14H2,1H3. The van der Waals surface area contributed by atoms with Gasteiger partial charge in [0.15, 0.2) is 0 Å². The molecule has 1 heterocycles. The third-order valence-corrected chi connectivity index (χ3v) is 3.10. The van der Waals surface area contributed by atoms with Crippen LogP contribution in [0.1, 0.15) is 10.4 Å². The molecule has 5 heteroatoms. The van der Waals surface area contributed by atoms with E-state index in [0.717, 1.165) is 0 Å². The molecular weight excluding hydrogens is 232 g/mol. The first-order valence-corrected chi connectivity index (χ1v) is 5.99. The highest BCUT2D eigenvalue weighted by molar-refractivity contribution is 5.97. The Balaban J connectivity index is 2.24. The zero-order valence-corrected chi connectivity index (χ0v) is 10.5. The molecule has 0 saturated carbocycles. The fourth-order valence-corrected chi connectivity index (χ4v) is 2.09. The molecule has 0 bridgehead atoms. The summed E-state index contributed by atoms with van der Waals surface area (Å²) in [5.74, 6) is 0.538. The van der Waals surface area contributed by atoms with Gasteiger partial charge in [-0.25, -0.2) is 0 Å². The summed E-state index contributed by atoms with van der Waals surface area (Å²) in [5, 5.41) is 0. The second kappa shape index (κ2) is 5.84. The molecule has 1 aromatic carbocycles. The van der Waals surface area contributed by atoms with Crippen LogP contribution in [0.2, 0.25) is 0 Å². The van der Waals surface area contributed by atoms with E-state index in [1.165, 1.54) is 0 Å². The molecule has 1 amide bonds. The summed E-state index contributed by atoms with van der Waals surface area (Å²) in [7, 11) is 1.56. The lowest BCUT2D eigenvalue weighted by Gasteiger charge is -2.35. The number of nitrogens with zero attached hydrogens (tertiary/aromatic N) is 1. The molecule has 5 nitrogen and oxygen atoms in total. The Morgan fingerprint density at radius 3 is 3.06 bits per heavy atom.